The summed E-state index contributed by atoms with van der Waals surface area (Å²) in [4.78, 5) is 19.0. The van der Waals surface area contributed by atoms with Gasteiger partial charge in [-0.05, 0) is 24.3 Å². The van der Waals surface area contributed by atoms with Crippen molar-refractivity contribution in [2.24, 2.45) is 0 Å². The van der Waals surface area contributed by atoms with Crippen molar-refractivity contribution in [3.63, 3.8) is 0 Å². The molecule has 2 aromatic rings. The molecule has 0 aliphatic carbocycles. The second kappa shape index (κ2) is 8.94. The minimum Gasteiger partial charge on any atom is -0.381 e. The van der Waals surface area contributed by atoms with Gasteiger partial charge in [-0.1, -0.05) is 0 Å². The predicted octanol–water partition coefficient (Wildman–Crippen LogP) is 3.33. The highest BCUT2D eigenvalue weighted by Gasteiger charge is 2.24. The number of aliphatic hydroxyl groups is 1. The van der Waals surface area contributed by atoms with Crippen molar-refractivity contribution >= 4 is 6.29 Å². The molecule has 0 amide bonds. The second-order valence-corrected chi connectivity index (χ2v) is 4.66. The van der Waals surface area contributed by atoms with Gasteiger partial charge in [-0.25, -0.2) is 26.3 Å². The Morgan fingerprint density at radius 2 is 1.38 bits per heavy atom. The van der Waals surface area contributed by atoms with Gasteiger partial charge in [0.2, 0.25) is 6.54 Å². The highest BCUT2D eigenvalue weighted by Crippen LogP contribution is 2.22. The second-order valence-electron chi connectivity index (χ2n) is 4.66. The van der Waals surface area contributed by atoms with Gasteiger partial charge in [0.25, 0.3) is 0 Å². The maximum absolute atomic E-state index is 13.0. The molecular weight excluding hydrogens is 372 g/mol. The topological polar surface area (TPSA) is 80.4 Å². The molecule has 0 bridgehead atoms. The summed E-state index contributed by atoms with van der Waals surface area (Å²) in [6.07, 6.45) is -2.07. The molecule has 0 aliphatic rings. The Kier molecular flexibility index (Phi) is 7.26. The molecule has 2 rings (SSSR count). The maximum atomic E-state index is 13.0. The summed E-state index contributed by atoms with van der Waals surface area (Å²) >= 11 is 0. The van der Waals surface area contributed by atoms with E-state index in [-0.39, 0.29) is 6.29 Å². The van der Waals surface area contributed by atoms with Gasteiger partial charge in [0, 0.05) is 4.92 Å². The Hall–Kier alpha value is -2.95. The van der Waals surface area contributed by atoms with Crippen LogP contribution in [0.5, 0.6) is 0 Å². The van der Waals surface area contributed by atoms with Crippen LogP contribution >= 0.6 is 0 Å². The van der Waals surface area contributed by atoms with Crippen molar-refractivity contribution in [1.29, 1.82) is 0 Å². The molecule has 0 radical (unpaired) electrons. The van der Waals surface area contributed by atoms with E-state index in [9.17, 15) is 41.3 Å². The minimum atomic E-state index is -2.00. The number of carbonyl (C=O) groups is 1. The minimum absolute atomic E-state index is 0.0618. The summed E-state index contributed by atoms with van der Waals surface area (Å²) in [7, 11) is 0. The largest absolute Gasteiger partial charge is 0.381 e. The summed E-state index contributed by atoms with van der Waals surface area (Å²) in [5.41, 5.74) is -1.89. The van der Waals surface area contributed by atoms with Crippen molar-refractivity contribution < 1.29 is 41.2 Å². The molecule has 1 unspecified atom stereocenters. The van der Waals surface area contributed by atoms with Crippen molar-refractivity contribution in [1.82, 2.24) is 0 Å². The van der Waals surface area contributed by atoms with E-state index in [0.717, 1.165) is 0 Å². The van der Waals surface area contributed by atoms with E-state index in [4.69, 9.17) is 5.11 Å². The standard InChI is InChI=1S/C8H6F3NO3.C7H3F3O/c9-4-1-2-5(10)8(11)7(4)6(13)3-12(14)15;8-5-1-2-6(9)7(10)4(5)3-11/h1-2,6,13H,3H2;1-3H. The average molecular weight is 381 g/mol. The van der Waals surface area contributed by atoms with Crippen molar-refractivity contribution in [2.75, 3.05) is 6.54 Å². The normalized spacial score (nSPS) is 11.3. The smallest absolute Gasteiger partial charge is 0.233 e. The molecule has 1 atom stereocenters. The lowest BCUT2D eigenvalue weighted by atomic mass is 10.1. The van der Waals surface area contributed by atoms with Crippen molar-refractivity contribution in [3.8, 4) is 0 Å². The van der Waals surface area contributed by atoms with Crippen LogP contribution in [0.2, 0.25) is 0 Å². The van der Waals surface area contributed by atoms with Gasteiger partial charge in [0.1, 0.15) is 17.7 Å². The number of rotatable bonds is 4. The van der Waals surface area contributed by atoms with Crippen LogP contribution < -0.4 is 0 Å². The lowest BCUT2D eigenvalue weighted by Crippen LogP contribution is -2.15. The predicted molar refractivity (Wildman–Crippen MR) is 74.8 cm³/mol. The SMILES string of the molecule is O=Cc1c(F)ccc(F)c1F.O=[N+]([O-])CC(O)c1c(F)ccc(F)c1F. The fraction of sp³-hybridized carbons (Fsp3) is 0.133. The number of aldehydes is 1. The van der Waals surface area contributed by atoms with Gasteiger partial charge >= 0.3 is 0 Å². The molecule has 0 saturated carbocycles. The lowest BCUT2D eigenvalue weighted by molar-refractivity contribution is -0.491. The fourth-order valence-electron chi connectivity index (χ4n) is 1.73. The van der Waals surface area contributed by atoms with Crippen LogP contribution in [0.15, 0.2) is 24.3 Å². The number of hydrogen-bond donors (Lipinski definition) is 1. The molecule has 0 aromatic heterocycles. The molecule has 0 aliphatic heterocycles. The molecule has 26 heavy (non-hydrogen) atoms. The van der Waals surface area contributed by atoms with Crippen LogP contribution in [0.1, 0.15) is 22.0 Å². The molecular formula is C15H9F6NO4. The highest BCUT2D eigenvalue weighted by atomic mass is 19.2. The molecule has 0 saturated heterocycles. The number of halogens is 6. The van der Waals surface area contributed by atoms with E-state index in [0.29, 0.717) is 24.3 Å². The zero-order valence-corrected chi connectivity index (χ0v) is 12.6. The Morgan fingerprint density at radius 1 is 0.923 bits per heavy atom. The molecule has 0 fully saturated rings. The summed E-state index contributed by atoms with van der Waals surface area (Å²) in [5.74, 6) is -7.92. The van der Waals surface area contributed by atoms with Crippen molar-refractivity contribution in [2.45, 2.75) is 6.10 Å². The third-order valence-electron chi connectivity index (χ3n) is 2.93. The van der Waals surface area contributed by atoms with Gasteiger partial charge in [-0.3, -0.25) is 14.9 Å². The summed E-state index contributed by atoms with van der Waals surface area (Å²) < 4.78 is 75.6. The maximum Gasteiger partial charge on any atom is 0.233 e. The number of nitrogens with zero attached hydrogens (tertiary/aromatic N) is 1. The van der Waals surface area contributed by atoms with E-state index in [1.807, 2.05) is 0 Å². The zero-order valence-electron chi connectivity index (χ0n) is 12.6. The molecule has 140 valence electrons. The molecule has 11 heteroatoms. The molecule has 0 spiro atoms. The van der Waals surface area contributed by atoms with Gasteiger partial charge in [0.05, 0.1) is 11.1 Å². The van der Waals surface area contributed by atoms with Gasteiger partial charge in [-0.15, -0.1) is 0 Å². The van der Waals surface area contributed by atoms with Gasteiger partial charge in [0.15, 0.2) is 29.6 Å². The number of benzene rings is 2. The first-order valence-corrected chi connectivity index (χ1v) is 6.62. The van der Waals surface area contributed by atoms with Gasteiger partial charge < -0.3 is 5.11 Å². The molecule has 1 N–H and O–H groups in total. The summed E-state index contributed by atoms with van der Waals surface area (Å²) in [6.45, 7) is -1.09. The van der Waals surface area contributed by atoms with E-state index < -0.39 is 63.6 Å². The lowest BCUT2D eigenvalue weighted by Gasteiger charge is -2.08. The number of nitro groups is 1. The Bertz CT molecular complexity index is 830. The fourth-order valence-corrected chi connectivity index (χ4v) is 1.73. The zero-order chi connectivity index (χ0) is 20.0. The Morgan fingerprint density at radius 3 is 1.85 bits per heavy atom. The number of aliphatic hydroxyl groups excluding tert-OH is 1. The van der Waals surface area contributed by atoms with Crippen LogP contribution in [0.25, 0.3) is 0 Å². The van der Waals surface area contributed by atoms with E-state index >= 15 is 0 Å². The van der Waals surface area contributed by atoms with E-state index in [1.165, 1.54) is 0 Å². The molecule has 2 aromatic carbocycles. The van der Waals surface area contributed by atoms with Crippen LogP contribution in [-0.2, 0) is 0 Å². The number of carbonyl (C=O) groups excluding carboxylic acids is 1. The number of hydrogen-bond acceptors (Lipinski definition) is 4. The highest BCUT2D eigenvalue weighted by molar-refractivity contribution is 5.75. The first kappa shape index (κ1) is 21.1. The van der Waals surface area contributed by atoms with Crippen molar-refractivity contribution in [3.05, 3.63) is 80.4 Å². The van der Waals surface area contributed by atoms with Gasteiger partial charge in [-0.2, -0.15) is 0 Å². The van der Waals surface area contributed by atoms with Crippen LogP contribution in [0, 0.1) is 45.0 Å². The first-order chi connectivity index (χ1) is 12.1. The monoisotopic (exact) mass is 381 g/mol. The quantitative estimate of drug-likeness (QED) is 0.290. The van der Waals surface area contributed by atoms with E-state index in [1.54, 1.807) is 0 Å². The first-order valence-electron chi connectivity index (χ1n) is 6.62. The third-order valence-corrected chi connectivity index (χ3v) is 2.93. The average Bonchev–Trinajstić information content (AvgIpc) is 2.56. The van der Waals surface area contributed by atoms with Crippen LogP contribution in [-0.4, -0.2) is 22.9 Å². The third kappa shape index (κ3) is 5.02. The van der Waals surface area contributed by atoms with E-state index in [2.05, 4.69) is 0 Å². The van der Waals surface area contributed by atoms with Crippen LogP contribution in [0.3, 0.4) is 0 Å². The molecule has 5 nitrogen and oxygen atoms in total. The Labute approximate surface area is 141 Å². The molecule has 0 heterocycles. The van der Waals surface area contributed by atoms with Crippen LogP contribution in [0.4, 0.5) is 26.3 Å². The summed E-state index contributed by atoms with van der Waals surface area (Å²) in [6, 6.07) is 2.45. The Balaban J connectivity index is 0.000000273. The summed E-state index contributed by atoms with van der Waals surface area (Å²) in [5, 5.41) is 19.1.